The van der Waals surface area contributed by atoms with Crippen LogP contribution in [-0.4, -0.2) is 37.0 Å². The molecule has 3 rings (SSSR count). The summed E-state index contributed by atoms with van der Waals surface area (Å²) in [7, 11) is 0. The van der Waals surface area contributed by atoms with E-state index in [0.717, 1.165) is 36.2 Å². The van der Waals surface area contributed by atoms with Gasteiger partial charge >= 0.3 is 6.03 Å². The summed E-state index contributed by atoms with van der Waals surface area (Å²) in [5.74, 6) is -0.799. The molecular formula is C19H23N5O3S. The second-order valence-corrected chi connectivity index (χ2v) is 7.71. The third-order valence-corrected chi connectivity index (χ3v) is 5.69. The van der Waals surface area contributed by atoms with E-state index in [1.165, 1.54) is 11.3 Å². The molecule has 1 aliphatic heterocycles. The van der Waals surface area contributed by atoms with Crippen molar-refractivity contribution in [3.8, 4) is 10.4 Å². The molecule has 1 fully saturated rings. The zero-order chi connectivity index (χ0) is 20.1. The zero-order valence-electron chi connectivity index (χ0n) is 15.3. The molecule has 0 unspecified atom stereocenters. The van der Waals surface area contributed by atoms with Crippen LogP contribution in [-0.2, 0) is 0 Å². The Bertz CT molecular complexity index is 887. The highest BCUT2D eigenvalue weighted by Crippen LogP contribution is 2.35. The average molecular weight is 401 g/mol. The summed E-state index contributed by atoms with van der Waals surface area (Å²) in [5.41, 5.74) is 12.0. The SMILES string of the molecule is NC(=O)Nc1cc(-c2cccc(C(N)=O)c2)sc1C(=O)N[C@H]1CCCCNC1. The molecule has 1 aromatic carbocycles. The summed E-state index contributed by atoms with van der Waals surface area (Å²) in [6.07, 6.45) is 3.02. The number of carbonyl (C=O) groups is 3. The van der Waals surface area contributed by atoms with Crippen molar-refractivity contribution in [3.05, 3.63) is 40.8 Å². The molecule has 1 aromatic heterocycles. The molecular weight excluding hydrogens is 378 g/mol. The maximum absolute atomic E-state index is 12.9. The van der Waals surface area contributed by atoms with Crippen molar-refractivity contribution in [1.29, 1.82) is 0 Å². The van der Waals surface area contributed by atoms with Gasteiger partial charge in [0.05, 0.1) is 5.69 Å². The largest absolute Gasteiger partial charge is 0.366 e. The molecule has 28 heavy (non-hydrogen) atoms. The summed E-state index contributed by atoms with van der Waals surface area (Å²) in [5, 5.41) is 8.84. The van der Waals surface area contributed by atoms with Crippen LogP contribution in [0.2, 0.25) is 0 Å². The molecule has 0 spiro atoms. The lowest BCUT2D eigenvalue weighted by Crippen LogP contribution is -2.40. The van der Waals surface area contributed by atoms with Crippen LogP contribution in [0, 0.1) is 0 Å². The smallest absolute Gasteiger partial charge is 0.316 e. The summed E-state index contributed by atoms with van der Waals surface area (Å²) in [4.78, 5) is 36.8. The normalized spacial score (nSPS) is 16.8. The van der Waals surface area contributed by atoms with Crippen molar-refractivity contribution in [1.82, 2.24) is 10.6 Å². The van der Waals surface area contributed by atoms with E-state index in [1.807, 2.05) is 6.07 Å². The molecule has 8 nitrogen and oxygen atoms in total. The van der Waals surface area contributed by atoms with E-state index in [-0.39, 0.29) is 11.9 Å². The Morgan fingerprint density at radius 1 is 1.14 bits per heavy atom. The van der Waals surface area contributed by atoms with Crippen LogP contribution >= 0.6 is 11.3 Å². The van der Waals surface area contributed by atoms with Gasteiger partial charge in [-0.3, -0.25) is 9.59 Å². The van der Waals surface area contributed by atoms with Crippen LogP contribution in [0.1, 0.15) is 39.3 Å². The number of hydrogen-bond donors (Lipinski definition) is 5. The van der Waals surface area contributed by atoms with Crippen molar-refractivity contribution in [2.75, 3.05) is 18.4 Å². The van der Waals surface area contributed by atoms with Gasteiger partial charge < -0.3 is 27.4 Å². The molecule has 4 amide bonds. The van der Waals surface area contributed by atoms with E-state index in [0.29, 0.717) is 22.7 Å². The Balaban J connectivity index is 1.89. The molecule has 1 saturated heterocycles. The van der Waals surface area contributed by atoms with Gasteiger partial charge in [-0.15, -0.1) is 11.3 Å². The predicted molar refractivity (Wildman–Crippen MR) is 109 cm³/mol. The molecule has 1 atom stereocenters. The van der Waals surface area contributed by atoms with E-state index in [4.69, 9.17) is 11.5 Å². The Labute approximate surface area is 166 Å². The third kappa shape index (κ3) is 4.87. The van der Waals surface area contributed by atoms with E-state index < -0.39 is 11.9 Å². The Morgan fingerprint density at radius 2 is 1.96 bits per heavy atom. The third-order valence-electron chi connectivity index (χ3n) is 4.51. The van der Waals surface area contributed by atoms with Crippen molar-refractivity contribution in [2.45, 2.75) is 25.3 Å². The molecule has 0 aliphatic carbocycles. The summed E-state index contributed by atoms with van der Waals surface area (Å²) in [6.45, 7) is 1.66. The van der Waals surface area contributed by atoms with E-state index in [1.54, 1.807) is 24.3 Å². The molecule has 2 aromatic rings. The molecule has 0 bridgehead atoms. The molecule has 148 valence electrons. The van der Waals surface area contributed by atoms with Gasteiger partial charge in [0.15, 0.2) is 0 Å². The summed E-state index contributed by atoms with van der Waals surface area (Å²) in [6, 6.07) is 7.75. The first-order chi connectivity index (χ1) is 13.4. The van der Waals surface area contributed by atoms with Crippen LogP contribution in [0.4, 0.5) is 10.5 Å². The van der Waals surface area contributed by atoms with Gasteiger partial charge in [-0.1, -0.05) is 18.6 Å². The molecule has 0 saturated carbocycles. The number of primary amides is 2. The molecule has 0 radical (unpaired) electrons. The van der Waals surface area contributed by atoms with Gasteiger partial charge in [0.25, 0.3) is 5.91 Å². The number of urea groups is 1. The average Bonchev–Trinajstić information content (AvgIpc) is 2.90. The summed E-state index contributed by atoms with van der Waals surface area (Å²) < 4.78 is 0. The highest BCUT2D eigenvalue weighted by molar-refractivity contribution is 7.18. The minimum absolute atomic E-state index is 0.0279. The number of rotatable bonds is 5. The number of benzene rings is 1. The summed E-state index contributed by atoms with van der Waals surface area (Å²) >= 11 is 1.22. The van der Waals surface area contributed by atoms with Gasteiger partial charge in [0.2, 0.25) is 5.91 Å². The van der Waals surface area contributed by atoms with E-state index >= 15 is 0 Å². The van der Waals surface area contributed by atoms with Crippen LogP contribution in [0.3, 0.4) is 0 Å². The van der Waals surface area contributed by atoms with Crippen molar-refractivity contribution >= 4 is 34.9 Å². The standard InChI is InChI=1S/C19H23N5O3S/c20-17(25)12-5-3-4-11(8-12)15-9-14(24-19(21)27)16(28-15)18(26)23-13-6-1-2-7-22-10-13/h3-5,8-9,13,22H,1-2,6-7,10H2,(H2,20,25)(H,23,26)(H3,21,24,27)/t13-/m0/s1. The zero-order valence-corrected chi connectivity index (χ0v) is 16.1. The fourth-order valence-electron chi connectivity index (χ4n) is 3.15. The minimum atomic E-state index is -0.750. The Kier molecular flexibility index (Phi) is 6.27. The predicted octanol–water partition coefficient (Wildman–Crippen LogP) is 1.88. The fraction of sp³-hybridized carbons (Fsp3) is 0.316. The second-order valence-electron chi connectivity index (χ2n) is 6.66. The lowest BCUT2D eigenvalue weighted by atomic mass is 10.1. The highest BCUT2D eigenvalue weighted by Gasteiger charge is 2.22. The molecule has 1 aliphatic rings. The van der Waals surface area contributed by atoms with E-state index in [2.05, 4.69) is 16.0 Å². The lowest BCUT2D eigenvalue weighted by Gasteiger charge is -2.16. The number of anilines is 1. The topological polar surface area (TPSA) is 139 Å². The van der Waals surface area contributed by atoms with Crippen LogP contribution in [0.5, 0.6) is 0 Å². The van der Waals surface area contributed by atoms with Gasteiger partial charge in [-0.2, -0.15) is 0 Å². The maximum Gasteiger partial charge on any atom is 0.316 e. The second kappa shape index (κ2) is 8.85. The number of thiophene rings is 1. The monoisotopic (exact) mass is 401 g/mol. The number of carbonyl (C=O) groups excluding carboxylic acids is 3. The van der Waals surface area contributed by atoms with Gasteiger partial charge in [-0.25, -0.2) is 4.79 Å². The fourth-order valence-corrected chi connectivity index (χ4v) is 4.16. The minimum Gasteiger partial charge on any atom is -0.366 e. The van der Waals surface area contributed by atoms with E-state index in [9.17, 15) is 14.4 Å². The first-order valence-corrected chi connectivity index (χ1v) is 9.88. The Hall–Kier alpha value is -2.91. The number of nitrogens with one attached hydrogen (secondary N) is 3. The van der Waals surface area contributed by atoms with Crippen molar-refractivity contribution in [3.63, 3.8) is 0 Å². The highest BCUT2D eigenvalue weighted by atomic mass is 32.1. The molecule has 2 heterocycles. The number of amides is 4. The number of hydrogen-bond acceptors (Lipinski definition) is 5. The van der Waals surface area contributed by atoms with Crippen molar-refractivity contribution < 1.29 is 14.4 Å². The first-order valence-electron chi connectivity index (χ1n) is 9.06. The first kappa shape index (κ1) is 19.8. The van der Waals surface area contributed by atoms with Crippen LogP contribution in [0.25, 0.3) is 10.4 Å². The maximum atomic E-state index is 12.9. The van der Waals surface area contributed by atoms with Crippen LogP contribution < -0.4 is 27.4 Å². The Morgan fingerprint density at radius 3 is 2.71 bits per heavy atom. The molecule has 9 heteroatoms. The quantitative estimate of drug-likeness (QED) is 0.522. The van der Waals surface area contributed by atoms with Gasteiger partial charge in [0, 0.05) is 23.0 Å². The van der Waals surface area contributed by atoms with Crippen LogP contribution in [0.15, 0.2) is 30.3 Å². The lowest BCUT2D eigenvalue weighted by molar-refractivity contribution is 0.0939. The van der Waals surface area contributed by atoms with Gasteiger partial charge in [-0.05, 0) is 43.1 Å². The molecule has 7 N–H and O–H groups in total. The number of nitrogens with two attached hydrogens (primary N) is 2. The van der Waals surface area contributed by atoms with Crippen molar-refractivity contribution in [2.24, 2.45) is 11.5 Å². The van der Waals surface area contributed by atoms with Gasteiger partial charge in [0.1, 0.15) is 4.88 Å².